The van der Waals surface area contributed by atoms with Crippen molar-refractivity contribution in [2.24, 2.45) is 5.73 Å². The van der Waals surface area contributed by atoms with Crippen molar-refractivity contribution in [3.05, 3.63) is 10.6 Å². The molecule has 0 fully saturated rings. The molecule has 1 aliphatic carbocycles. The molecule has 1 aromatic heterocycles. The number of aryl methyl sites for hydroxylation is 1. The molecule has 4 N–H and O–H groups in total. The smallest absolute Gasteiger partial charge is 0.180 e. The van der Waals surface area contributed by atoms with Gasteiger partial charge in [-0.3, -0.25) is 0 Å². The van der Waals surface area contributed by atoms with Crippen LogP contribution in [-0.4, -0.2) is 11.5 Å². The fraction of sp³-hybridized carbons (Fsp3) is 0.667. The van der Waals surface area contributed by atoms with Crippen LogP contribution in [0.15, 0.2) is 0 Å². The molecule has 72 valence electrons. The van der Waals surface area contributed by atoms with E-state index in [1.54, 1.807) is 11.3 Å². The third-order valence-corrected chi connectivity index (χ3v) is 3.56. The van der Waals surface area contributed by atoms with E-state index in [0.717, 1.165) is 19.4 Å². The van der Waals surface area contributed by atoms with E-state index in [0.29, 0.717) is 11.0 Å². The molecular weight excluding hydrogens is 182 g/mol. The van der Waals surface area contributed by atoms with Gasteiger partial charge in [-0.1, -0.05) is 0 Å². The minimum atomic E-state index is 0.572. The van der Waals surface area contributed by atoms with Crippen LogP contribution >= 0.6 is 11.3 Å². The van der Waals surface area contributed by atoms with Crippen LogP contribution in [0.2, 0.25) is 0 Å². The fourth-order valence-corrected chi connectivity index (χ4v) is 2.97. The maximum atomic E-state index is 5.69. The van der Waals surface area contributed by atoms with Crippen LogP contribution < -0.4 is 11.5 Å². The third kappa shape index (κ3) is 1.69. The lowest BCUT2D eigenvalue weighted by Crippen LogP contribution is -2.13. The molecule has 4 heteroatoms. The summed E-state index contributed by atoms with van der Waals surface area (Å²) in [5.74, 6) is 0.572. The van der Waals surface area contributed by atoms with Crippen LogP contribution in [0.4, 0.5) is 5.13 Å². The number of nitrogens with two attached hydrogens (primary N) is 2. The van der Waals surface area contributed by atoms with Gasteiger partial charge >= 0.3 is 0 Å². The number of hydrogen-bond acceptors (Lipinski definition) is 4. The van der Waals surface area contributed by atoms with Gasteiger partial charge in [-0.05, 0) is 32.2 Å². The Balaban J connectivity index is 2.25. The van der Waals surface area contributed by atoms with E-state index in [4.69, 9.17) is 11.5 Å². The van der Waals surface area contributed by atoms with E-state index in [2.05, 4.69) is 4.98 Å². The summed E-state index contributed by atoms with van der Waals surface area (Å²) in [6.07, 6.45) is 4.70. The van der Waals surface area contributed by atoms with Crippen molar-refractivity contribution < 1.29 is 0 Å². The Kier molecular flexibility index (Phi) is 2.51. The number of thiazole rings is 1. The first kappa shape index (κ1) is 8.97. The maximum Gasteiger partial charge on any atom is 0.180 e. The van der Waals surface area contributed by atoms with E-state index in [9.17, 15) is 0 Å². The van der Waals surface area contributed by atoms with Crippen molar-refractivity contribution >= 4 is 16.5 Å². The van der Waals surface area contributed by atoms with Crippen LogP contribution in [0.5, 0.6) is 0 Å². The molecule has 0 saturated carbocycles. The summed E-state index contributed by atoms with van der Waals surface area (Å²) in [7, 11) is 0. The normalized spacial score (nSPS) is 21.5. The first-order valence-electron chi connectivity index (χ1n) is 4.76. The molecular formula is C9H15N3S. The number of hydrogen-bond donors (Lipinski definition) is 2. The second kappa shape index (κ2) is 3.64. The molecule has 1 unspecified atom stereocenters. The van der Waals surface area contributed by atoms with Crippen LogP contribution in [0.3, 0.4) is 0 Å². The van der Waals surface area contributed by atoms with E-state index < -0.39 is 0 Å². The van der Waals surface area contributed by atoms with Crippen LogP contribution in [0.1, 0.15) is 35.8 Å². The highest BCUT2D eigenvalue weighted by molar-refractivity contribution is 7.15. The predicted molar refractivity (Wildman–Crippen MR) is 55.9 cm³/mol. The highest BCUT2D eigenvalue weighted by atomic mass is 32.1. The largest absolute Gasteiger partial charge is 0.375 e. The monoisotopic (exact) mass is 197 g/mol. The van der Waals surface area contributed by atoms with Crippen molar-refractivity contribution in [2.75, 3.05) is 12.3 Å². The first-order valence-corrected chi connectivity index (χ1v) is 5.58. The number of aromatic nitrogens is 1. The SMILES string of the molecule is NCCC1CCCc2sc(N)nc21. The molecule has 1 heterocycles. The number of nitrogen functional groups attached to an aromatic ring is 1. The molecule has 3 nitrogen and oxygen atoms in total. The van der Waals surface area contributed by atoms with Gasteiger partial charge in [0.15, 0.2) is 5.13 Å². The topological polar surface area (TPSA) is 64.9 Å². The first-order chi connectivity index (χ1) is 6.31. The number of rotatable bonds is 2. The molecule has 2 rings (SSSR count). The average molecular weight is 197 g/mol. The van der Waals surface area contributed by atoms with E-state index >= 15 is 0 Å². The van der Waals surface area contributed by atoms with Gasteiger partial charge in [0, 0.05) is 10.8 Å². The molecule has 1 aliphatic rings. The van der Waals surface area contributed by atoms with Crippen molar-refractivity contribution in [3.8, 4) is 0 Å². The van der Waals surface area contributed by atoms with E-state index in [1.165, 1.54) is 23.4 Å². The second-order valence-electron chi connectivity index (χ2n) is 3.53. The van der Waals surface area contributed by atoms with Crippen molar-refractivity contribution in [2.45, 2.75) is 31.6 Å². The summed E-state index contributed by atoms with van der Waals surface area (Å²) >= 11 is 1.65. The molecule has 0 aromatic carbocycles. The Morgan fingerprint density at radius 3 is 3.15 bits per heavy atom. The molecule has 1 atom stereocenters. The van der Waals surface area contributed by atoms with Gasteiger partial charge in [-0.2, -0.15) is 0 Å². The second-order valence-corrected chi connectivity index (χ2v) is 4.64. The standard InChI is InChI=1S/C9H15N3S/c10-5-4-6-2-1-3-7-8(6)12-9(11)13-7/h6H,1-5,10H2,(H2,11,12). The Bertz CT molecular complexity index is 295. The van der Waals surface area contributed by atoms with E-state index in [-0.39, 0.29) is 0 Å². The summed E-state index contributed by atoms with van der Waals surface area (Å²) in [4.78, 5) is 5.78. The summed E-state index contributed by atoms with van der Waals surface area (Å²) < 4.78 is 0. The van der Waals surface area contributed by atoms with Gasteiger partial charge < -0.3 is 11.5 Å². The molecule has 0 bridgehead atoms. The van der Waals surface area contributed by atoms with Gasteiger partial charge in [0.05, 0.1) is 5.69 Å². The van der Waals surface area contributed by atoms with Crippen LogP contribution in [0, 0.1) is 0 Å². The summed E-state index contributed by atoms with van der Waals surface area (Å²) in [5, 5.41) is 0.717. The molecule has 0 aliphatic heterocycles. The molecule has 0 radical (unpaired) electrons. The van der Waals surface area contributed by atoms with Crippen LogP contribution in [-0.2, 0) is 6.42 Å². The number of fused-ring (bicyclic) bond motifs is 1. The average Bonchev–Trinajstić information content (AvgIpc) is 2.47. The number of nitrogens with zero attached hydrogens (tertiary/aromatic N) is 1. The molecule has 1 aromatic rings. The zero-order valence-corrected chi connectivity index (χ0v) is 8.44. The lowest BCUT2D eigenvalue weighted by Gasteiger charge is -2.19. The lowest BCUT2D eigenvalue weighted by molar-refractivity contribution is 0.520. The van der Waals surface area contributed by atoms with Gasteiger partial charge in [0.2, 0.25) is 0 Å². The summed E-state index contributed by atoms with van der Waals surface area (Å²) in [5.41, 5.74) is 12.5. The Morgan fingerprint density at radius 1 is 1.54 bits per heavy atom. The van der Waals surface area contributed by atoms with Gasteiger partial charge in [0.25, 0.3) is 0 Å². The molecule has 0 amide bonds. The highest BCUT2D eigenvalue weighted by Gasteiger charge is 2.23. The van der Waals surface area contributed by atoms with Gasteiger partial charge in [-0.15, -0.1) is 11.3 Å². The maximum absolute atomic E-state index is 5.69. The summed E-state index contributed by atoms with van der Waals surface area (Å²) in [6, 6.07) is 0. The van der Waals surface area contributed by atoms with Gasteiger partial charge in [0.1, 0.15) is 0 Å². The van der Waals surface area contributed by atoms with Crippen molar-refractivity contribution in [3.63, 3.8) is 0 Å². The molecule has 13 heavy (non-hydrogen) atoms. The van der Waals surface area contributed by atoms with Crippen LogP contribution in [0.25, 0.3) is 0 Å². The zero-order chi connectivity index (χ0) is 9.26. The third-order valence-electron chi connectivity index (χ3n) is 2.60. The summed E-state index contributed by atoms with van der Waals surface area (Å²) in [6.45, 7) is 0.752. The van der Waals surface area contributed by atoms with E-state index in [1.807, 2.05) is 0 Å². The predicted octanol–water partition coefficient (Wildman–Crippen LogP) is 1.49. The van der Waals surface area contributed by atoms with Gasteiger partial charge in [-0.25, -0.2) is 4.98 Å². The minimum absolute atomic E-state index is 0.572. The Hall–Kier alpha value is -0.610. The highest BCUT2D eigenvalue weighted by Crippen LogP contribution is 2.36. The quantitative estimate of drug-likeness (QED) is 0.755. The fourth-order valence-electron chi connectivity index (χ4n) is 2.01. The Morgan fingerprint density at radius 2 is 2.38 bits per heavy atom. The zero-order valence-electron chi connectivity index (χ0n) is 7.62. The molecule has 0 saturated heterocycles. The number of anilines is 1. The Labute approximate surface area is 82.2 Å². The molecule has 0 spiro atoms. The minimum Gasteiger partial charge on any atom is -0.375 e. The lowest BCUT2D eigenvalue weighted by atomic mass is 9.89. The van der Waals surface area contributed by atoms with Crippen molar-refractivity contribution in [1.29, 1.82) is 0 Å². The van der Waals surface area contributed by atoms with Crippen molar-refractivity contribution in [1.82, 2.24) is 4.98 Å².